The van der Waals surface area contributed by atoms with Crippen LogP contribution in [0.5, 0.6) is 0 Å². The molecule has 0 radical (unpaired) electrons. The summed E-state index contributed by atoms with van der Waals surface area (Å²) < 4.78 is 17.3. The standard InChI is InChI=1S/C17H18ClNO4S/c1-11-2-5-13(6-3-11)24(22)23-9-8-19-16(20)14-7-4-12(18)10-15(14)17(19)21/h2-6,14-15H,7-10H2,1H3/t14-,15-,24-/m0/s1. The van der Waals surface area contributed by atoms with Crippen LogP contribution >= 0.6 is 11.6 Å². The van der Waals surface area contributed by atoms with Crippen LogP contribution in [-0.4, -0.2) is 34.1 Å². The van der Waals surface area contributed by atoms with Crippen LogP contribution in [0.25, 0.3) is 0 Å². The van der Waals surface area contributed by atoms with Crippen molar-refractivity contribution in [2.45, 2.75) is 24.7 Å². The lowest BCUT2D eigenvalue weighted by Gasteiger charge is -2.17. The number of hydrogen-bond acceptors (Lipinski definition) is 4. The number of allylic oxidation sites excluding steroid dienone is 2. The van der Waals surface area contributed by atoms with Gasteiger partial charge in [-0.3, -0.25) is 18.7 Å². The molecular weight excluding hydrogens is 350 g/mol. The lowest BCUT2D eigenvalue weighted by Crippen LogP contribution is -2.34. The van der Waals surface area contributed by atoms with Crippen LogP contribution in [0.3, 0.4) is 0 Å². The highest BCUT2D eigenvalue weighted by atomic mass is 35.5. The average molecular weight is 368 g/mol. The lowest BCUT2D eigenvalue weighted by molar-refractivity contribution is -0.140. The van der Waals surface area contributed by atoms with Gasteiger partial charge in [-0.05, 0) is 31.9 Å². The summed E-state index contributed by atoms with van der Waals surface area (Å²) in [7, 11) is 0. The van der Waals surface area contributed by atoms with Gasteiger partial charge in [-0.25, -0.2) is 4.21 Å². The molecule has 3 atom stereocenters. The number of carbonyl (C=O) groups excluding carboxylic acids is 2. The molecular formula is C17H18ClNO4S. The summed E-state index contributed by atoms with van der Waals surface area (Å²) in [6.07, 6.45) is 2.73. The van der Waals surface area contributed by atoms with Crippen molar-refractivity contribution in [3.8, 4) is 0 Å². The summed E-state index contributed by atoms with van der Waals surface area (Å²) in [6.45, 7) is 2.09. The van der Waals surface area contributed by atoms with Crippen molar-refractivity contribution in [2.24, 2.45) is 11.8 Å². The molecule has 1 heterocycles. The van der Waals surface area contributed by atoms with E-state index in [0.717, 1.165) is 5.56 Å². The number of aryl methyl sites for hydroxylation is 1. The summed E-state index contributed by atoms with van der Waals surface area (Å²) >= 11 is 4.37. The van der Waals surface area contributed by atoms with Crippen molar-refractivity contribution >= 4 is 34.5 Å². The van der Waals surface area contributed by atoms with Crippen molar-refractivity contribution in [1.82, 2.24) is 4.90 Å². The van der Waals surface area contributed by atoms with Crippen LogP contribution in [0.1, 0.15) is 18.4 Å². The zero-order valence-electron chi connectivity index (χ0n) is 13.2. The molecule has 5 nitrogen and oxygen atoms in total. The van der Waals surface area contributed by atoms with Gasteiger partial charge in [-0.1, -0.05) is 35.4 Å². The average Bonchev–Trinajstić information content (AvgIpc) is 2.79. The second kappa shape index (κ2) is 7.17. The summed E-state index contributed by atoms with van der Waals surface area (Å²) in [5.41, 5.74) is 1.07. The molecule has 0 aromatic heterocycles. The number of fused-ring (bicyclic) bond motifs is 1. The predicted octanol–water partition coefficient (Wildman–Crippen LogP) is 2.55. The maximum Gasteiger partial charge on any atom is 0.233 e. The smallest absolute Gasteiger partial charge is 0.233 e. The topological polar surface area (TPSA) is 63.7 Å². The predicted molar refractivity (Wildman–Crippen MR) is 90.4 cm³/mol. The van der Waals surface area contributed by atoms with E-state index in [4.69, 9.17) is 15.8 Å². The van der Waals surface area contributed by atoms with Crippen molar-refractivity contribution in [2.75, 3.05) is 13.2 Å². The number of imide groups is 1. The molecule has 1 aliphatic heterocycles. The van der Waals surface area contributed by atoms with Crippen LogP contribution in [-0.2, 0) is 24.9 Å². The molecule has 24 heavy (non-hydrogen) atoms. The Kier molecular flexibility index (Phi) is 5.18. The van der Waals surface area contributed by atoms with Crippen LogP contribution in [0.2, 0.25) is 0 Å². The molecule has 0 unspecified atom stereocenters. The zero-order valence-corrected chi connectivity index (χ0v) is 14.8. The third-order valence-corrected chi connectivity index (χ3v) is 5.73. The van der Waals surface area contributed by atoms with E-state index < -0.39 is 11.1 Å². The number of amides is 2. The van der Waals surface area contributed by atoms with Gasteiger partial charge in [0.15, 0.2) is 11.1 Å². The fourth-order valence-corrected chi connectivity index (χ4v) is 4.01. The summed E-state index contributed by atoms with van der Waals surface area (Å²) in [5, 5.41) is 0.635. The Morgan fingerprint density at radius 2 is 1.88 bits per heavy atom. The largest absolute Gasteiger partial charge is 0.285 e. The molecule has 2 amide bonds. The minimum absolute atomic E-state index is 0.0402. The Morgan fingerprint density at radius 1 is 1.21 bits per heavy atom. The van der Waals surface area contributed by atoms with E-state index in [1.165, 1.54) is 4.90 Å². The maximum absolute atomic E-state index is 12.4. The molecule has 1 saturated heterocycles. The maximum atomic E-state index is 12.4. The van der Waals surface area contributed by atoms with E-state index in [9.17, 15) is 13.8 Å². The number of likely N-dealkylation sites (tertiary alicyclic amines) is 1. The number of rotatable bonds is 5. The highest BCUT2D eigenvalue weighted by Gasteiger charge is 2.48. The van der Waals surface area contributed by atoms with Crippen LogP contribution in [0.4, 0.5) is 0 Å². The van der Waals surface area contributed by atoms with Gasteiger partial charge < -0.3 is 0 Å². The third kappa shape index (κ3) is 3.45. The van der Waals surface area contributed by atoms with Crippen LogP contribution in [0, 0.1) is 18.8 Å². The first-order valence-electron chi connectivity index (χ1n) is 7.79. The number of carbonyl (C=O) groups is 2. The molecule has 3 rings (SSSR count). The highest BCUT2D eigenvalue weighted by molar-refractivity contribution is 7.80. The fourth-order valence-electron chi connectivity index (χ4n) is 3.04. The number of benzene rings is 1. The number of hydrogen-bond donors (Lipinski definition) is 0. The minimum Gasteiger partial charge on any atom is -0.285 e. The van der Waals surface area contributed by atoms with Crippen molar-refractivity contribution < 1.29 is 18.0 Å². The number of nitrogens with zero attached hydrogens (tertiary/aromatic N) is 1. The van der Waals surface area contributed by atoms with Crippen LogP contribution in [0.15, 0.2) is 40.3 Å². The molecule has 0 N–H and O–H groups in total. The van der Waals surface area contributed by atoms with Crippen molar-refractivity contribution in [3.63, 3.8) is 0 Å². The Hall–Kier alpha value is -1.50. The van der Waals surface area contributed by atoms with Crippen molar-refractivity contribution in [3.05, 3.63) is 40.9 Å². The van der Waals surface area contributed by atoms with Gasteiger partial charge in [0.2, 0.25) is 11.8 Å². The van der Waals surface area contributed by atoms with Gasteiger partial charge in [0.05, 0.1) is 29.9 Å². The van der Waals surface area contributed by atoms with Crippen LogP contribution < -0.4 is 0 Å². The zero-order chi connectivity index (χ0) is 17.3. The first-order valence-corrected chi connectivity index (χ1v) is 9.24. The van der Waals surface area contributed by atoms with E-state index in [1.807, 2.05) is 19.1 Å². The lowest BCUT2D eigenvalue weighted by atomic mass is 9.85. The molecule has 0 spiro atoms. The summed E-state index contributed by atoms with van der Waals surface area (Å²) in [4.78, 5) is 26.5. The first-order chi connectivity index (χ1) is 11.5. The molecule has 1 fully saturated rings. The van der Waals surface area contributed by atoms with Gasteiger partial charge in [-0.2, -0.15) is 0 Å². The SMILES string of the molecule is Cc1ccc([S@@](=O)OCCN2C(=O)[C@H]3CC=C(Cl)C[C@@H]3C2=O)cc1. The van der Waals surface area contributed by atoms with E-state index in [2.05, 4.69) is 0 Å². The van der Waals surface area contributed by atoms with Crippen molar-refractivity contribution in [1.29, 1.82) is 0 Å². The van der Waals surface area contributed by atoms with Gasteiger partial charge in [-0.15, -0.1) is 0 Å². The van der Waals surface area contributed by atoms with E-state index >= 15 is 0 Å². The van der Waals surface area contributed by atoms with E-state index in [0.29, 0.717) is 22.8 Å². The Bertz CT molecular complexity index is 716. The summed E-state index contributed by atoms with van der Waals surface area (Å²) in [6, 6.07) is 7.18. The molecule has 0 bridgehead atoms. The Labute approximate surface area is 148 Å². The minimum atomic E-state index is -1.61. The first kappa shape index (κ1) is 17.3. The normalized spacial score (nSPS) is 24.8. The van der Waals surface area contributed by atoms with Gasteiger partial charge in [0.1, 0.15) is 0 Å². The quantitative estimate of drug-likeness (QED) is 0.750. The molecule has 1 aromatic rings. The molecule has 0 saturated carbocycles. The second-order valence-corrected chi connectivity index (χ2v) is 7.66. The Morgan fingerprint density at radius 3 is 2.58 bits per heavy atom. The molecule has 2 aliphatic rings. The molecule has 7 heteroatoms. The third-order valence-electron chi connectivity index (χ3n) is 4.38. The summed E-state index contributed by atoms with van der Waals surface area (Å²) in [5.74, 6) is -1.07. The highest BCUT2D eigenvalue weighted by Crippen LogP contribution is 2.38. The Balaban J connectivity index is 1.55. The van der Waals surface area contributed by atoms with Gasteiger partial charge in [0, 0.05) is 5.03 Å². The fraction of sp³-hybridized carbons (Fsp3) is 0.412. The molecule has 1 aromatic carbocycles. The molecule has 128 valence electrons. The van der Waals surface area contributed by atoms with Gasteiger partial charge in [0.25, 0.3) is 0 Å². The monoisotopic (exact) mass is 367 g/mol. The molecule has 1 aliphatic carbocycles. The number of halogens is 1. The van der Waals surface area contributed by atoms with E-state index in [1.54, 1.807) is 18.2 Å². The van der Waals surface area contributed by atoms with Gasteiger partial charge >= 0.3 is 0 Å². The second-order valence-electron chi connectivity index (χ2n) is 6.00. The van der Waals surface area contributed by atoms with E-state index in [-0.39, 0.29) is 36.8 Å².